The SMILES string of the molecule is [2H]c1c([2H])c2cc(C(C)(C)C)c([N+](=O)[O-])c3c([2H])c([2H])c4cc(C(C)(C)C)cc1c4c23. The smallest absolute Gasteiger partial charge is 0.258 e. The van der Waals surface area contributed by atoms with Gasteiger partial charge in [-0.25, -0.2) is 0 Å². The van der Waals surface area contributed by atoms with Gasteiger partial charge in [0, 0.05) is 10.9 Å². The Morgan fingerprint density at radius 1 is 0.815 bits per heavy atom. The molecule has 0 saturated carbocycles. The van der Waals surface area contributed by atoms with E-state index in [0.717, 1.165) is 5.56 Å². The van der Waals surface area contributed by atoms with Crippen LogP contribution in [0.25, 0.3) is 32.3 Å². The van der Waals surface area contributed by atoms with Gasteiger partial charge in [-0.15, -0.1) is 0 Å². The number of hydrogen-bond acceptors (Lipinski definition) is 2. The number of nitro groups is 1. The van der Waals surface area contributed by atoms with Crippen LogP contribution in [0.4, 0.5) is 5.69 Å². The van der Waals surface area contributed by atoms with E-state index in [4.69, 9.17) is 5.48 Å². The molecule has 0 aliphatic rings. The van der Waals surface area contributed by atoms with Gasteiger partial charge in [0.05, 0.1) is 15.8 Å². The van der Waals surface area contributed by atoms with E-state index in [-0.39, 0.29) is 40.7 Å². The average Bonchev–Trinajstić information content (AvgIpc) is 2.66. The summed E-state index contributed by atoms with van der Waals surface area (Å²) < 4.78 is 34.8. The van der Waals surface area contributed by atoms with Crippen LogP contribution in [-0.4, -0.2) is 4.92 Å². The van der Waals surface area contributed by atoms with Gasteiger partial charge < -0.3 is 0 Å². The van der Waals surface area contributed by atoms with Crippen LogP contribution in [0.1, 0.15) is 58.2 Å². The number of benzene rings is 4. The van der Waals surface area contributed by atoms with Crippen molar-refractivity contribution in [3.8, 4) is 0 Å². The first-order valence-electron chi connectivity index (χ1n) is 11.1. The molecule has 0 aliphatic heterocycles. The first kappa shape index (κ1) is 13.5. The van der Waals surface area contributed by atoms with Crippen LogP contribution >= 0.6 is 0 Å². The van der Waals surface area contributed by atoms with Crippen molar-refractivity contribution in [1.82, 2.24) is 0 Å². The molecule has 0 bridgehead atoms. The monoisotopic (exact) mass is 363 g/mol. The van der Waals surface area contributed by atoms with Crippen molar-refractivity contribution < 1.29 is 10.4 Å². The van der Waals surface area contributed by atoms with Gasteiger partial charge in [0.2, 0.25) is 0 Å². The van der Waals surface area contributed by atoms with E-state index in [1.807, 2.05) is 53.7 Å². The Kier molecular flexibility index (Phi) is 2.70. The molecular formula is C24H25NO2. The molecule has 0 fully saturated rings. The molecule has 4 aromatic rings. The third-order valence-electron chi connectivity index (χ3n) is 5.20. The van der Waals surface area contributed by atoms with E-state index in [0.29, 0.717) is 32.5 Å². The lowest BCUT2D eigenvalue weighted by Crippen LogP contribution is -2.14. The Morgan fingerprint density at radius 2 is 1.33 bits per heavy atom. The summed E-state index contributed by atoms with van der Waals surface area (Å²) in [5, 5.41) is 14.7. The van der Waals surface area contributed by atoms with Gasteiger partial charge in [0.15, 0.2) is 0 Å². The predicted octanol–water partition coefficient (Wildman–Crippen LogP) is 7.09. The highest BCUT2D eigenvalue weighted by atomic mass is 16.6. The second-order valence-corrected chi connectivity index (χ2v) is 9.27. The summed E-state index contributed by atoms with van der Waals surface area (Å²) >= 11 is 0. The first-order valence-corrected chi connectivity index (χ1v) is 9.07. The minimum Gasteiger partial charge on any atom is -0.258 e. The topological polar surface area (TPSA) is 43.1 Å². The molecule has 0 radical (unpaired) electrons. The quantitative estimate of drug-likeness (QED) is 0.206. The fourth-order valence-electron chi connectivity index (χ4n) is 3.72. The highest BCUT2D eigenvalue weighted by Gasteiger charge is 2.29. The Labute approximate surface area is 165 Å². The molecule has 0 aromatic heterocycles. The van der Waals surface area contributed by atoms with Gasteiger partial charge in [0.1, 0.15) is 0 Å². The molecule has 0 unspecified atom stereocenters. The van der Waals surface area contributed by atoms with Gasteiger partial charge in [-0.1, -0.05) is 71.8 Å². The molecule has 3 nitrogen and oxygen atoms in total. The number of nitrogens with zero attached hydrogens (tertiary/aromatic N) is 1. The van der Waals surface area contributed by atoms with Crippen molar-refractivity contribution >= 4 is 38.0 Å². The number of hydrogen-bond donors (Lipinski definition) is 0. The minimum atomic E-state index is -0.616. The predicted molar refractivity (Wildman–Crippen MR) is 114 cm³/mol. The summed E-state index contributed by atoms with van der Waals surface area (Å²) in [4.78, 5) is 11.7. The molecule has 138 valence electrons. The van der Waals surface area contributed by atoms with Crippen molar-refractivity contribution in [3.05, 3.63) is 63.6 Å². The minimum absolute atomic E-state index is 0.0117. The second kappa shape index (κ2) is 5.41. The van der Waals surface area contributed by atoms with Gasteiger partial charge in [-0.3, -0.25) is 10.1 Å². The Balaban J connectivity index is 2.44. The van der Waals surface area contributed by atoms with Crippen molar-refractivity contribution in [2.75, 3.05) is 0 Å². The molecule has 27 heavy (non-hydrogen) atoms. The fourth-order valence-corrected chi connectivity index (χ4v) is 3.72. The Hall–Kier alpha value is -2.68. The van der Waals surface area contributed by atoms with Crippen LogP contribution in [0.2, 0.25) is 0 Å². The molecule has 3 heteroatoms. The summed E-state index contributed by atoms with van der Waals surface area (Å²) in [6.45, 7) is 11.6. The lowest BCUT2D eigenvalue weighted by molar-refractivity contribution is -0.384. The summed E-state index contributed by atoms with van der Waals surface area (Å²) in [6, 6.07) is 5.08. The van der Waals surface area contributed by atoms with Gasteiger partial charge in [0.25, 0.3) is 5.69 Å². The zero-order valence-electron chi connectivity index (χ0n) is 20.5. The molecule has 0 spiro atoms. The van der Waals surface area contributed by atoms with E-state index in [2.05, 4.69) is 0 Å². The largest absolute Gasteiger partial charge is 0.280 e. The van der Waals surface area contributed by atoms with Crippen LogP contribution in [0, 0.1) is 10.1 Å². The van der Waals surface area contributed by atoms with E-state index in [1.165, 1.54) is 0 Å². The maximum atomic E-state index is 12.2. The summed E-state index contributed by atoms with van der Waals surface area (Å²) in [5.41, 5.74) is 0.233. The molecule has 0 atom stereocenters. The first-order chi connectivity index (χ1) is 14.2. The highest BCUT2D eigenvalue weighted by molar-refractivity contribution is 6.25. The number of rotatable bonds is 1. The van der Waals surface area contributed by atoms with Crippen molar-refractivity contribution in [3.63, 3.8) is 0 Å². The molecular weight excluding hydrogens is 334 g/mol. The number of nitro benzene ring substituents is 1. The van der Waals surface area contributed by atoms with Gasteiger partial charge >= 0.3 is 0 Å². The van der Waals surface area contributed by atoms with E-state index in [1.54, 1.807) is 6.07 Å². The summed E-state index contributed by atoms with van der Waals surface area (Å²) in [5.74, 6) is 0. The summed E-state index contributed by atoms with van der Waals surface area (Å²) in [7, 11) is 0. The zero-order chi connectivity index (χ0) is 23.2. The lowest BCUT2D eigenvalue weighted by Gasteiger charge is -2.23. The molecule has 0 N–H and O–H groups in total. The van der Waals surface area contributed by atoms with Crippen LogP contribution < -0.4 is 0 Å². The van der Waals surface area contributed by atoms with Crippen LogP contribution in [0.15, 0.2) is 42.4 Å². The second-order valence-electron chi connectivity index (χ2n) is 9.27. The third kappa shape index (κ3) is 2.64. The molecule has 4 rings (SSSR count). The molecule has 0 aliphatic carbocycles. The Morgan fingerprint density at radius 3 is 1.81 bits per heavy atom. The zero-order valence-corrected chi connectivity index (χ0v) is 16.5. The van der Waals surface area contributed by atoms with E-state index >= 15 is 0 Å². The lowest BCUT2D eigenvalue weighted by atomic mass is 9.80. The maximum Gasteiger partial charge on any atom is 0.280 e. The molecule has 4 aromatic carbocycles. The third-order valence-corrected chi connectivity index (χ3v) is 5.20. The van der Waals surface area contributed by atoms with Gasteiger partial charge in [-0.05, 0) is 50.0 Å². The van der Waals surface area contributed by atoms with Crippen molar-refractivity contribution in [2.45, 2.75) is 52.4 Å². The highest BCUT2D eigenvalue weighted by Crippen LogP contribution is 2.44. The maximum absolute atomic E-state index is 12.2. The standard InChI is InChI=1S/C24H25NO2/c1-23(2,3)17-11-14-7-8-16-13-19(24(4,5)6)22(25(26)27)18-10-9-15(12-17)20(14)21(16)18/h7-13H,1-6H3/i7D,8D,9D,10D. The van der Waals surface area contributed by atoms with Crippen LogP contribution in [0.3, 0.4) is 0 Å². The Bertz CT molecular complexity index is 1390. The summed E-state index contributed by atoms with van der Waals surface area (Å²) in [6.07, 6.45) is 0. The van der Waals surface area contributed by atoms with Crippen molar-refractivity contribution in [2.24, 2.45) is 0 Å². The van der Waals surface area contributed by atoms with Gasteiger partial charge in [-0.2, -0.15) is 0 Å². The average molecular weight is 363 g/mol. The molecule has 0 amide bonds. The van der Waals surface area contributed by atoms with Crippen molar-refractivity contribution in [1.29, 1.82) is 0 Å². The van der Waals surface area contributed by atoms with E-state index < -0.39 is 10.3 Å². The van der Waals surface area contributed by atoms with E-state index in [9.17, 15) is 10.1 Å². The molecule has 0 saturated heterocycles. The van der Waals surface area contributed by atoms with Crippen LogP contribution in [0.5, 0.6) is 0 Å². The van der Waals surface area contributed by atoms with Crippen LogP contribution in [-0.2, 0) is 10.8 Å². The molecule has 0 heterocycles. The normalized spacial score (nSPS) is 15.2. The fraction of sp³-hybridized carbons (Fsp3) is 0.333.